The zero-order valence-electron chi connectivity index (χ0n) is 13.1. The lowest BCUT2D eigenvalue weighted by molar-refractivity contribution is 0.0993. The predicted molar refractivity (Wildman–Crippen MR) is 87.9 cm³/mol. The molecule has 0 unspecified atom stereocenters. The number of fused-ring (bicyclic) bond motifs is 1. The van der Waals surface area contributed by atoms with E-state index in [1.807, 2.05) is 0 Å². The second-order valence-corrected chi connectivity index (χ2v) is 6.19. The molecule has 1 amide bonds. The Morgan fingerprint density at radius 2 is 1.88 bits per heavy atom. The van der Waals surface area contributed by atoms with Gasteiger partial charge in [0.15, 0.2) is 4.80 Å². The minimum atomic E-state index is -0.982. The van der Waals surface area contributed by atoms with Crippen molar-refractivity contribution in [3.63, 3.8) is 0 Å². The molecule has 25 heavy (non-hydrogen) atoms. The van der Waals surface area contributed by atoms with E-state index in [0.29, 0.717) is 29.4 Å². The second-order valence-electron chi connectivity index (χ2n) is 5.18. The smallest absolute Gasteiger partial charge is 0.282 e. The quantitative estimate of drug-likeness (QED) is 0.709. The highest BCUT2D eigenvalue weighted by Crippen LogP contribution is 2.19. The number of thiazole rings is 1. The summed E-state index contributed by atoms with van der Waals surface area (Å²) >= 11 is 1.10. The van der Waals surface area contributed by atoms with Crippen LogP contribution in [0.25, 0.3) is 10.2 Å². The van der Waals surface area contributed by atoms with Crippen molar-refractivity contribution in [1.29, 1.82) is 0 Å². The Morgan fingerprint density at radius 1 is 1.16 bits per heavy atom. The summed E-state index contributed by atoms with van der Waals surface area (Å²) in [5.41, 5.74) is 0.359. The molecule has 0 fully saturated rings. The summed E-state index contributed by atoms with van der Waals surface area (Å²) in [6, 6.07) is 6.89. The van der Waals surface area contributed by atoms with Crippen LogP contribution >= 0.6 is 11.3 Å². The van der Waals surface area contributed by atoms with E-state index in [2.05, 4.69) is 4.99 Å². The lowest BCUT2D eigenvalue weighted by atomic mass is 10.2. The Morgan fingerprint density at radius 3 is 2.60 bits per heavy atom. The maximum atomic E-state index is 13.8. The highest BCUT2D eigenvalue weighted by molar-refractivity contribution is 7.16. The summed E-state index contributed by atoms with van der Waals surface area (Å²) in [4.78, 5) is 16.5. The van der Waals surface area contributed by atoms with Crippen LogP contribution in [0.5, 0.6) is 0 Å². The topological polar surface area (TPSA) is 43.6 Å². The van der Waals surface area contributed by atoms with Gasteiger partial charge in [0, 0.05) is 19.7 Å². The minimum Gasteiger partial charge on any atom is -0.383 e. The number of rotatable bonds is 4. The first-order valence-corrected chi connectivity index (χ1v) is 8.13. The van der Waals surface area contributed by atoms with Gasteiger partial charge in [-0.3, -0.25) is 4.79 Å². The number of methoxy groups -OCH3 is 1. The lowest BCUT2D eigenvalue weighted by Crippen LogP contribution is -2.19. The van der Waals surface area contributed by atoms with Crippen LogP contribution in [-0.2, 0) is 11.3 Å². The van der Waals surface area contributed by atoms with Crippen LogP contribution in [0.15, 0.2) is 41.4 Å². The van der Waals surface area contributed by atoms with Crippen molar-refractivity contribution < 1.29 is 22.7 Å². The average Bonchev–Trinajstić information content (AvgIpc) is 2.88. The largest absolute Gasteiger partial charge is 0.383 e. The van der Waals surface area contributed by atoms with Crippen LogP contribution < -0.4 is 4.80 Å². The van der Waals surface area contributed by atoms with Gasteiger partial charge in [-0.05, 0) is 30.3 Å². The van der Waals surface area contributed by atoms with Gasteiger partial charge in [-0.2, -0.15) is 4.99 Å². The summed E-state index contributed by atoms with van der Waals surface area (Å²) in [7, 11) is 1.53. The molecule has 2 aromatic carbocycles. The minimum absolute atomic E-state index is 0.284. The maximum Gasteiger partial charge on any atom is 0.282 e. The number of halogens is 3. The van der Waals surface area contributed by atoms with E-state index in [9.17, 15) is 18.0 Å². The number of carbonyl (C=O) groups is 1. The first-order valence-electron chi connectivity index (χ1n) is 7.31. The van der Waals surface area contributed by atoms with Gasteiger partial charge in [0.05, 0.1) is 22.4 Å². The first kappa shape index (κ1) is 17.4. The molecule has 0 aliphatic heterocycles. The normalized spacial score (nSPS) is 12.1. The van der Waals surface area contributed by atoms with Crippen LogP contribution in [0.3, 0.4) is 0 Å². The third-order valence-electron chi connectivity index (χ3n) is 3.52. The maximum absolute atomic E-state index is 13.8. The van der Waals surface area contributed by atoms with Gasteiger partial charge in [0.2, 0.25) is 0 Å². The molecule has 3 rings (SSSR count). The molecule has 8 heteroatoms. The van der Waals surface area contributed by atoms with Crippen LogP contribution in [0, 0.1) is 17.5 Å². The predicted octanol–water partition coefficient (Wildman–Crippen LogP) is 3.51. The van der Waals surface area contributed by atoms with Gasteiger partial charge in [0.25, 0.3) is 5.91 Å². The molecule has 0 saturated heterocycles. The molecule has 130 valence electrons. The summed E-state index contributed by atoms with van der Waals surface area (Å²) < 4.78 is 47.5. The van der Waals surface area contributed by atoms with Crippen molar-refractivity contribution in [1.82, 2.24) is 4.57 Å². The number of amides is 1. The van der Waals surface area contributed by atoms with E-state index in [-0.39, 0.29) is 10.4 Å². The summed E-state index contributed by atoms with van der Waals surface area (Å²) in [6.07, 6.45) is 0. The second kappa shape index (κ2) is 7.20. The Labute approximate surface area is 144 Å². The van der Waals surface area contributed by atoms with Crippen molar-refractivity contribution >= 4 is 27.5 Å². The van der Waals surface area contributed by atoms with Crippen LogP contribution in [-0.4, -0.2) is 24.2 Å². The Kier molecular flexibility index (Phi) is 5.00. The number of nitrogens with zero attached hydrogens (tertiary/aromatic N) is 2. The van der Waals surface area contributed by atoms with Crippen molar-refractivity contribution in [3.8, 4) is 0 Å². The van der Waals surface area contributed by atoms with Gasteiger partial charge in [-0.15, -0.1) is 0 Å². The number of hydrogen-bond donors (Lipinski definition) is 0. The molecule has 0 aliphatic rings. The third-order valence-corrected chi connectivity index (χ3v) is 4.56. The van der Waals surface area contributed by atoms with Gasteiger partial charge in [-0.25, -0.2) is 13.2 Å². The molecule has 1 heterocycles. The molecule has 0 saturated carbocycles. The van der Waals surface area contributed by atoms with Crippen LogP contribution in [0.1, 0.15) is 10.4 Å². The SMILES string of the molecule is COCCn1c(=NC(=O)c2ccc(F)cc2F)sc2cc(F)ccc21. The van der Waals surface area contributed by atoms with Gasteiger partial charge in [-0.1, -0.05) is 11.3 Å². The summed E-state index contributed by atoms with van der Waals surface area (Å²) in [6.45, 7) is 0.746. The number of ether oxygens (including phenoxy) is 1. The number of benzene rings is 2. The van der Waals surface area contributed by atoms with Gasteiger partial charge >= 0.3 is 0 Å². The van der Waals surface area contributed by atoms with Gasteiger partial charge in [0.1, 0.15) is 17.5 Å². The molecule has 0 bridgehead atoms. The standard InChI is InChI=1S/C17H13F3N2O2S/c1-24-7-6-22-14-5-3-11(19)9-15(14)25-17(22)21-16(23)12-4-2-10(18)8-13(12)20/h2-5,8-9H,6-7H2,1H3. The van der Waals surface area contributed by atoms with Crippen molar-refractivity contribution in [2.75, 3.05) is 13.7 Å². The average molecular weight is 366 g/mol. The van der Waals surface area contributed by atoms with E-state index in [0.717, 1.165) is 23.5 Å². The van der Waals surface area contributed by atoms with E-state index in [1.54, 1.807) is 10.6 Å². The molecule has 4 nitrogen and oxygen atoms in total. The molecule has 1 aromatic heterocycles. The number of aromatic nitrogens is 1. The van der Waals surface area contributed by atoms with E-state index < -0.39 is 23.4 Å². The summed E-state index contributed by atoms with van der Waals surface area (Å²) in [5.74, 6) is -3.00. The van der Waals surface area contributed by atoms with Gasteiger partial charge < -0.3 is 9.30 Å². The highest BCUT2D eigenvalue weighted by Gasteiger charge is 2.14. The Hall–Kier alpha value is -2.45. The highest BCUT2D eigenvalue weighted by atomic mass is 32.1. The zero-order valence-corrected chi connectivity index (χ0v) is 13.9. The first-order chi connectivity index (χ1) is 12.0. The fraction of sp³-hybridized carbons (Fsp3) is 0.176. The van der Waals surface area contributed by atoms with E-state index >= 15 is 0 Å². The molecule has 0 aliphatic carbocycles. The fourth-order valence-electron chi connectivity index (χ4n) is 2.34. The molecule has 0 spiro atoms. The van der Waals surface area contributed by atoms with E-state index in [1.165, 1.54) is 19.2 Å². The molecule has 0 radical (unpaired) electrons. The lowest BCUT2D eigenvalue weighted by Gasteiger charge is -2.04. The number of carbonyl (C=O) groups excluding carboxylic acids is 1. The third kappa shape index (κ3) is 3.64. The Bertz CT molecular complexity index is 1010. The monoisotopic (exact) mass is 366 g/mol. The zero-order chi connectivity index (χ0) is 18.0. The van der Waals surface area contributed by atoms with Crippen LogP contribution in [0.4, 0.5) is 13.2 Å². The van der Waals surface area contributed by atoms with E-state index in [4.69, 9.17) is 4.74 Å². The van der Waals surface area contributed by atoms with Crippen LogP contribution in [0.2, 0.25) is 0 Å². The van der Waals surface area contributed by atoms with Crippen molar-refractivity contribution in [3.05, 3.63) is 64.2 Å². The summed E-state index contributed by atoms with van der Waals surface area (Å²) in [5, 5.41) is 0. The molecular formula is C17H13F3N2O2S. The molecule has 3 aromatic rings. The number of hydrogen-bond acceptors (Lipinski definition) is 3. The molecular weight excluding hydrogens is 353 g/mol. The Balaban J connectivity index is 2.12. The fourth-order valence-corrected chi connectivity index (χ4v) is 3.42. The molecule has 0 atom stereocenters. The molecule has 0 N–H and O–H groups in total. The van der Waals surface area contributed by atoms with Crippen molar-refractivity contribution in [2.24, 2.45) is 4.99 Å². The van der Waals surface area contributed by atoms with Crippen molar-refractivity contribution in [2.45, 2.75) is 6.54 Å².